The minimum atomic E-state index is -0.807. The Morgan fingerprint density at radius 1 is 0.259 bits per heavy atom. The van der Waals surface area contributed by atoms with Crippen LogP contribution in [0.2, 0.25) is 0 Å². The summed E-state index contributed by atoms with van der Waals surface area (Å²) in [4.78, 5) is 38.4. The summed E-state index contributed by atoms with van der Waals surface area (Å²) >= 11 is 0. The van der Waals surface area contributed by atoms with Crippen molar-refractivity contribution in [1.82, 2.24) is 0 Å². The molecular weight excluding hydrogens is 997 g/mol. The number of carbonyl (C=O) groups excluding carboxylic acids is 3. The monoisotopic (exact) mass is 1120 g/mol. The summed E-state index contributed by atoms with van der Waals surface area (Å²) < 4.78 is 16.9. The van der Waals surface area contributed by atoms with Crippen LogP contribution < -0.4 is 0 Å². The molecule has 6 heteroatoms. The zero-order valence-electron chi connectivity index (χ0n) is 53.3. The van der Waals surface area contributed by atoms with Gasteiger partial charge < -0.3 is 14.2 Å². The highest BCUT2D eigenvalue weighted by molar-refractivity contribution is 5.71. The summed E-state index contributed by atoms with van der Waals surface area (Å²) in [5.74, 6) is -0.951. The van der Waals surface area contributed by atoms with Gasteiger partial charge >= 0.3 is 17.9 Å². The molecule has 464 valence electrons. The van der Waals surface area contributed by atoms with E-state index in [4.69, 9.17) is 14.2 Å². The summed E-state index contributed by atoms with van der Waals surface area (Å²) in [6, 6.07) is 0. The molecule has 0 aromatic carbocycles. The van der Waals surface area contributed by atoms with Gasteiger partial charge in [0.15, 0.2) is 6.10 Å². The Bertz CT molecular complexity index is 1620. The summed E-state index contributed by atoms with van der Waals surface area (Å²) in [5, 5.41) is 0. The molecule has 0 N–H and O–H groups in total. The normalized spacial score (nSPS) is 12.8. The number of hydrogen-bond donors (Lipinski definition) is 0. The van der Waals surface area contributed by atoms with E-state index in [1.54, 1.807) is 0 Å². The molecule has 0 saturated heterocycles. The minimum Gasteiger partial charge on any atom is -0.462 e. The molecule has 81 heavy (non-hydrogen) atoms. The summed E-state index contributed by atoms with van der Waals surface area (Å²) in [5.41, 5.74) is 0. The minimum absolute atomic E-state index is 0.0974. The average molecular weight is 1130 g/mol. The molecule has 0 aliphatic heterocycles. The van der Waals surface area contributed by atoms with Crippen molar-refractivity contribution < 1.29 is 28.6 Å². The topological polar surface area (TPSA) is 78.9 Å². The molecule has 0 aliphatic rings. The van der Waals surface area contributed by atoms with Gasteiger partial charge in [0.25, 0.3) is 0 Å². The third-order valence-corrected chi connectivity index (χ3v) is 14.7. The van der Waals surface area contributed by atoms with Crippen LogP contribution >= 0.6 is 0 Å². The molecular formula is C75H128O6. The van der Waals surface area contributed by atoms with Gasteiger partial charge in [-0.2, -0.15) is 0 Å². The van der Waals surface area contributed by atoms with Crippen LogP contribution in [-0.2, 0) is 28.6 Å². The molecule has 0 amide bonds. The Hall–Kier alpha value is -3.93. The number of unbranched alkanes of at least 4 members (excludes halogenated alkanes) is 33. The first-order valence-electron chi connectivity index (χ1n) is 34.4. The molecule has 0 rings (SSSR count). The SMILES string of the molecule is CC/C=C\C/C=C\C/C=C\C/C=C\C/C=C\CCCC(=O)OCC(COC(=O)CCCCCCCCCCCCC/C=C\C/C=C\CCCCCCC)OC(=O)CCCCCCCCCCCCC/C=C\C/C=C\CCCCCCC. The van der Waals surface area contributed by atoms with Gasteiger partial charge in [0.1, 0.15) is 13.2 Å². The van der Waals surface area contributed by atoms with E-state index in [0.717, 1.165) is 89.9 Å². The molecule has 0 heterocycles. The fourth-order valence-corrected chi connectivity index (χ4v) is 9.60. The number of hydrogen-bond acceptors (Lipinski definition) is 6. The van der Waals surface area contributed by atoms with Crippen molar-refractivity contribution in [2.24, 2.45) is 0 Å². The van der Waals surface area contributed by atoms with E-state index in [1.165, 1.54) is 193 Å². The second kappa shape index (κ2) is 68.6. The summed E-state index contributed by atoms with van der Waals surface area (Å²) in [7, 11) is 0. The lowest BCUT2D eigenvalue weighted by Crippen LogP contribution is -2.30. The van der Waals surface area contributed by atoms with E-state index in [2.05, 4.69) is 130 Å². The van der Waals surface area contributed by atoms with Crippen molar-refractivity contribution in [3.05, 3.63) is 109 Å². The lowest BCUT2D eigenvalue weighted by atomic mass is 10.0. The number of rotatable bonds is 62. The fourth-order valence-electron chi connectivity index (χ4n) is 9.60. The maximum Gasteiger partial charge on any atom is 0.306 e. The van der Waals surface area contributed by atoms with Gasteiger partial charge in [0.05, 0.1) is 0 Å². The second-order valence-electron chi connectivity index (χ2n) is 22.7. The number of esters is 3. The molecule has 1 unspecified atom stereocenters. The van der Waals surface area contributed by atoms with E-state index in [-0.39, 0.29) is 37.5 Å². The van der Waals surface area contributed by atoms with E-state index in [9.17, 15) is 14.4 Å². The first-order valence-corrected chi connectivity index (χ1v) is 34.4. The Labute approximate surface area is 501 Å². The third-order valence-electron chi connectivity index (χ3n) is 14.7. The predicted octanol–water partition coefficient (Wildman–Crippen LogP) is 23.8. The van der Waals surface area contributed by atoms with Crippen LogP contribution in [0, 0.1) is 0 Å². The Morgan fingerprint density at radius 3 is 0.802 bits per heavy atom. The van der Waals surface area contributed by atoms with Gasteiger partial charge in [-0.1, -0.05) is 297 Å². The molecule has 0 saturated carbocycles. The second-order valence-corrected chi connectivity index (χ2v) is 22.7. The van der Waals surface area contributed by atoms with Crippen molar-refractivity contribution in [3.63, 3.8) is 0 Å². The van der Waals surface area contributed by atoms with E-state index in [1.807, 2.05) is 0 Å². The first-order chi connectivity index (χ1) is 40.0. The largest absolute Gasteiger partial charge is 0.462 e. The van der Waals surface area contributed by atoms with Gasteiger partial charge in [-0.25, -0.2) is 0 Å². The lowest BCUT2D eigenvalue weighted by molar-refractivity contribution is -0.167. The Kier molecular flexibility index (Phi) is 65.2. The zero-order valence-corrected chi connectivity index (χ0v) is 53.3. The quantitative estimate of drug-likeness (QED) is 0.0261. The first kappa shape index (κ1) is 77.1. The molecule has 0 spiro atoms. The zero-order chi connectivity index (χ0) is 58.5. The summed E-state index contributed by atoms with van der Waals surface area (Å²) in [6.45, 7) is 6.49. The van der Waals surface area contributed by atoms with Crippen LogP contribution in [0.1, 0.15) is 329 Å². The molecule has 0 aliphatic carbocycles. The van der Waals surface area contributed by atoms with Gasteiger partial charge in [0.2, 0.25) is 0 Å². The lowest BCUT2D eigenvalue weighted by Gasteiger charge is -2.18. The highest BCUT2D eigenvalue weighted by Gasteiger charge is 2.19. The molecule has 6 nitrogen and oxygen atoms in total. The predicted molar refractivity (Wildman–Crippen MR) is 353 cm³/mol. The fraction of sp³-hybridized carbons (Fsp3) is 0.720. The highest BCUT2D eigenvalue weighted by atomic mass is 16.6. The third kappa shape index (κ3) is 66.8. The summed E-state index contributed by atoms with van der Waals surface area (Å²) in [6.07, 6.45) is 93.9. The van der Waals surface area contributed by atoms with Crippen LogP contribution in [0.3, 0.4) is 0 Å². The maximum atomic E-state index is 13.0. The van der Waals surface area contributed by atoms with Crippen molar-refractivity contribution >= 4 is 17.9 Å². The van der Waals surface area contributed by atoms with Crippen LogP contribution in [0.5, 0.6) is 0 Å². The highest BCUT2D eigenvalue weighted by Crippen LogP contribution is 2.16. The van der Waals surface area contributed by atoms with E-state index in [0.29, 0.717) is 19.3 Å². The number of ether oxygens (including phenoxy) is 3. The van der Waals surface area contributed by atoms with Crippen LogP contribution in [0.15, 0.2) is 109 Å². The van der Waals surface area contributed by atoms with Gasteiger partial charge in [-0.15, -0.1) is 0 Å². The van der Waals surface area contributed by atoms with Crippen LogP contribution in [0.4, 0.5) is 0 Å². The molecule has 0 bridgehead atoms. The van der Waals surface area contributed by atoms with Crippen molar-refractivity contribution in [2.45, 2.75) is 335 Å². The van der Waals surface area contributed by atoms with Gasteiger partial charge in [-0.05, 0) is 122 Å². The molecule has 1 atom stereocenters. The molecule has 0 radical (unpaired) electrons. The molecule has 0 aromatic heterocycles. The van der Waals surface area contributed by atoms with Gasteiger partial charge in [0, 0.05) is 19.3 Å². The smallest absolute Gasteiger partial charge is 0.306 e. The van der Waals surface area contributed by atoms with E-state index >= 15 is 0 Å². The maximum absolute atomic E-state index is 13.0. The van der Waals surface area contributed by atoms with Gasteiger partial charge in [-0.3, -0.25) is 14.4 Å². The van der Waals surface area contributed by atoms with Crippen molar-refractivity contribution in [2.75, 3.05) is 13.2 Å². The number of carbonyl (C=O) groups is 3. The molecule has 0 fully saturated rings. The Morgan fingerprint density at radius 2 is 0.494 bits per heavy atom. The van der Waals surface area contributed by atoms with Crippen molar-refractivity contribution in [1.29, 1.82) is 0 Å². The number of allylic oxidation sites excluding steroid dienone is 18. The standard InChI is InChI=1S/C75H128O6/c1-4-7-10-13-16-19-22-25-28-31-33-35-37-39-41-44-47-50-53-56-59-62-65-68-74(77)80-71-72(70-79-73(76)67-64-61-58-55-52-49-46-43-30-27-24-21-18-15-12-9-6-3)81-75(78)69-66-63-60-57-54-51-48-45-42-40-38-36-34-32-29-26-23-20-17-14-11-8-5-2/h9,12,18,21-23,25-27,30-34,46,49,55,58,72H,4-8,10-11,13-17,19-20,24,28-29,35-45,47-48,50-54,56-57,59-71H2,1-3H3/b12-9-,21-18-,25-22-,26-23-,30-27-,33-31-,34-32-,49-46-,58-55-. The van der Waals surface area contributed by atoms with Crippen molar-refractivity contribution in [3.8, 4) is 0 Å². The van der Waals surface area contributed by atoms with Crippen LogP contribution in [-0.4, -0.2) is 37.2 Å². The van der Waals surface area contributed by atoms with E-state index < -0.39 is 6.10 Å². The Balaban J connectivity index is 4.42. The molecule has 0 aromatic rings. The van der Waals surface area contributed by atoms with Crippen LogP contribution in [0.25, 0.3) is 0 Å². The average Bonchev–Trinajstić information content (AvgIpc) is 3.47.